The van der Waals surface area contributed by atoms with E-state index in [1.54, 1.807) is 7.11 Å². The molecule has 0 radical (unpaired) electrons. The Kier molecular flexibility index (Phi) is 4.81. The van der Waals surface area contributed by atoms with Crippen LogP contribution in [-0.2, 0) is 6.42 Å². The SMILES string of the molecule is CCCNC1c2cc(OC)ccc2CCC1N1CCCC1. The zero-order chi connectivity index (χ0) is 14.7. The molecule has 3 heteroatoms. The first-order chi connectivity index (χ1) is 10.3. The molecule has 1 saturated heterocycles. The van der Waals surface area contributed by atoms with Crippen molar-refractivity contribution in [3.05, 3.63) is 29.3 Å². The Hall–Kier alpha value is -1.06. The fourth-order valence-corrected chi connectivity index (χ4v) is 3.91. The van der Waals surface area contributed by atoms with E-state index < -0.39 is 0 Å². The molecule has 1 aromatic carbocycles. The number of hydrogen-bond donors (Lipinski definition) is 1. The van der Waals surface area contributed by atoms with Crippen LogP contribution in [-0.4, -0.2) is 37.7 Å². The molecule has 1 N–H and O–H groups in total. The molecular weight excluding hydrogens is 260 g/mol. The van der Waals surface area contributed by atoms with Crippen LogP contribution >= 0.6 is 0 Å². The third-order valence-corrected chi connectivity index (χ3v) is 5.01. The molecule has 1 aliphatic carbocycles. The summed E-state index contributed by atoms with van der Waals surface area (Å²) in [6.45, 7) is 5.88. The molecule has 1 aromatic rings. The molecule has 3 rings (SSSR count). The lowest BCUT2D eigenvalue weighted by molar-refractivity contribution is 0.172. The van der Waals surface area contributed by atoms with Crippen molar-refractivity contribution in [3.8, 4) is 5.75 Å². The molecule has 1 fully saturated rings. The van der Waals surface area contributed by atoms with Gasteiger partial charge in [-0.05, 0) is 75.0 Å². The van der Waals surface area contributed by atoms with Gasteiger partial charge in [0.1, 0.15) is 5.75 Å². The molecule has 0 bridgehead atoms. The van der Waals surface area contributed by atoms with Gasteiger partial charge < -0.3 is 10.1 Å². The first-order valence-corrected chi connectivity index (χ1v) is 8.47. The standard InChI is InChI=1S/C18H28N2O/c1-3-10-19-18-16-13-15(21-2)8-6-14(16)7-9-17(18)20-11-4-5-12-20/h6,8,13,17-19H,3-5,7,9-12H2,1-2H3. The van der Waals surface area contributed by atoms with Crippen LogP contribution in [0.2, 0.25) is 0 Å². The Morgan fingerprint density at radius 3 is 2.81 bits per heavy atom. The van der Waals surface area contributed by atoms with Crippen molar-refractivity contribution in [1.82, 2.24) is 10.2 Å². The topological polar surface area (TPSA) is 24.5 Å². The molecule has 1 heterocycles. The highest BCUT2D eigenvalue weighted by Crippen LogP contribution is 2.36. The molecule has 0 saturated carbocycles. The van der Waals surface area contributed by atoms with Crippen molar-refractivity contribution in [2.45, 2.75) is 51.1 Å². The van der Waals surface area contributed by atoms with Crippen LogP contribution in [0.15, 0.2) is 18.2 Å². The van der Waals surface area contributed by atoms with Gasteiger partial charge in [-0.25, -0.2) is 0 Å². The van der Waals surface area contributed by atoms with E-state index in [0.29, 0.717) is 12.1 Å². The predicted molar refractivity (Wildman–Crippen MR) is 86.9 cm³/mol. The molecule has 2 aliphatic rings. The van der Waals surface area contributed by atoms with E-state index in [9.17, 15) is 0 Å². The van der Waals surface area contributed by atoms with Gasteiger partial charge in [0.05, 0.1) is 7.11 Å². The number of methoxy groups -OCH3 is 1. The molecule has 116 valence electrons. The summed E-state index contributed by atoms with van der Waals surface area (Å²) in [5.41, 5.74) is 2.96. The molecule has 0 spiro atoms. The van der Waals surface area contributed by atoms with E-state index in [1.807, 2.05) is 0 Å². The number of ether oxygens (including phenoxy) is 1. The second-order valence-corrected chi connectivity index (χ2v) is 6.35. The maximum atomic E-state index is 5.45. The lowest BCUT2D eigenvalue weighted by Crippen LogP contribution is -2.46. The fourth-order valence-electron chi connectivity index (χ4n) is 3.91. The summed E-state index contributed by atoms with van der Waals surface area (Å²) in [4.78, 5) is 2.70. The maximum Gasteiger partial charge on any atom is 0.119 e. The molecule has 2 atom stereocenters. The summed E-state index contributed by atoms with van der Waals surface area (Å²) in [5, 5.41) is 3.81. The molecule has 21 heavy (non-hydrogen) atoms. The van der Waals surface area contributed by atoms with E-state index in [4.69, 9.17) is 4.74 Å². The number of nitrogens with one attached hydrogen (secondary N) is 1. The number of likely N-dealkylation sites (tertiary alicyclic amines) is 1. The number of benzene rings is 1. The van der Waals surface area contributed by atoms with Crippen molar-refractivity contribution >= 4 is 0 Å². The molecule has 3 nitrogen and oxygen atoms in total. The van der Waals surface area contributed by atoms with Crippen LogP contribution in [0.5, 0.6) is 5.75 Å². The van der Waals surface area contributed by atoms with Gasteiger partial charge >= 0.3 is 0 Å². The van der Waals surface area contributed by atoms with Gasteiger partial charge in [-0.2, -0.15) is 0 Å². The van der Waals surface area contributed by atoms with Crippen LogP contribution in [0, 0.1) is 0 Å². The Balaban J connectivity index is 1.89. The van der Waals surface area contributed by atoms with E-state index in [0.717, 1.165) is 12.3 Å². The van der Waals surface area contributed by atoms with E-state index in [-0.39, 0.29) is 0 Å². The summed E-state index contributed by atoms with van der Waals surface area (Å²) in [6, 6.07) is 7.73. The van der Waals surface area contributed by atoms with Crippen molar-refractivity contribution in [3.63, 3.8) is 0 Å². The van der Waals surface area contributed by atoms with Gasteiger partial charge in [0.2, 0.25) is 0 Å². The first kappa shape index (κ1) is 14.9. The van der Waals surface area contributed by atoms with E-state index in [2.05, 4.69) is 35.3 Å². The Bertz CT molecular complexity index is 468. The number of nitrogens with zero attached hydrogens (tertiary/aromatic N) is 1. The zero-order valence-electron chi connectivity index (χ0n) is 13.4. The van der Waals surface area contributed by atoms with Gasteiger partial charge in [-0.3, -0.25) is 4.90 Å². The molecule has 0 amide bonds. The van der Waals surface area contributed by atoms with E-state index >= 15 is 0 Å². The fraction of sp³-hybridized carbons (Fsp3) is 0.667. The second-order valence-electron chi connectivity index (χ2n) is 6.35. The summed E-state index contributed by atoms with van der Waals surface area (Å²) in [7, 11) is 1.76. The highest BCUT2D eigenvalue weighted by molar-refractivity contribution is 5.40. The highest BCUT2D eigenvalue weighted by Gasteiger charge is 2.34. The monoisotopic (exact) mass is 288 g/mol. The van der Waals surface area contributed by atoms with Gasteiger partial charge in [-0.1, -0.05) is 13.0 Å². The quantitative estimate of drug-likeness (QED) is 0.901. The summed E-state index contributed by atoms with van der Waals surface area (Å²) in [6.07, 6.45) is 6.39. The molecule has 0 aromatic heterocycles. The van der Waals surface area contributed by atoms with Gasteiger partial charge in [0, 0.05) is 12.1 Å². The number of fused-ring (bicyclic) bond motifs is 1. The normalized spacial score (nSPS) is 25.8. The summed E-state index contributed by atoms with van der Waals surface area (Å²) < 4.78 is 5.45. The molecule has 1 aliphatic heterocycles. The van der Waals surface area contributed by atoms with Crippen LogP contribution in [0.3, 0.4) is 0 Å². The Morgan fingerprint density at radius 2 is 2.10 bits per heavy atom. The van der Waals surface area contributed by atoms with Gasteiger partial charge in [-0.15, -0.1) is 0 Å². The maximum absolute atomic E-state index is 5.45. The minimum absolute atomic E-state index is 0.460. The average Bonchev–Trinajstić information content (AvgIpc) is 3.06. The number of aryl methyl sites for hydroxylation is 1. The van der Waals surface area contributed by atoms with Gasteiger partial charge in [0.25, 0.3) is 0 Å². The third-order valence-electron chi connectivity index (χ3n) is 5.01. The van der Waals surface area contributed by atoms with Crippen LogP contribution in [0.4, 0.5) is 0 Å². The summed E-state index contributed by atoms with van der Waals surface area (Å²) >= 11 is 0. The lowest BCUT2D eigenvalue weighted by Gasteiger charge is -2.40. The third kappa shape index (κ3) is 3.09. The highest BCUT2D eigenvalue weighted by atomic mass is 16.5. The van der Waals surface area contributed by atoms with Crippen molar-refractivity contribution in [2.75, 3.05) is 26.7 Å². The average molecular weight is 288 g/mol. The summed E-state index contributed by atoms with van der Waals surface area (Å²) in [5.74, 6) is 0.985. The minimum Gasteiger partial charge on any atom is -0.497 e. The number of rotatable bonds is 5. The van der Waals surface area contributed by atoms with E-state index in [1.165, 1.54) is 56.3 Å². The van der Waals surface area contributed by atoms with Crippen molar-refractivity contribution in [2.24, 2.45) is 0 Å². The largest absolute Gasteiger partial charge is 0.497 e. The van der Waals surface area contributed by atoms with Crippen molar-refractivity contribution in [1.29, 1.82) is 0 Å². The smallest absolute Gasteiger partial charge is 0.119 e. The number of hydrogen-bond acceptors (Lipinski definition) is 3. The Morgan fingerprint density at radius 1 is 1.29 bits per heavy atom. The first-order valence-electron chi connectivity index (χ1n) is 8.47. The van der Waals surface area contributed by atoms with Crippen molar-refractivity contribution < 1.29 is 4.74 Å². The lowest BCUT2D eigenvalue weighted by atomic mass is 9.83. The Labute approximate surface area is 128 Å². The molecule has 2 unspecified atom stereocenters. The van der Waals surface area contributed by atoms with Crippen LogP contribution in [0.1, 0.15) is 49.8 Å². The van der Waals surface area contributed by atoms with Gasteiger partial charge in [0.15, 0.2) is 0 Å². The van der Waals surface area contributed by atoms with Crippen LogP contribution < -0.4 is 10.1 Å². The zero-order valence-corrected chi connectivity index (χ0v) is 13.4. The molecular formula is C18H28N2O. The second kappa shape index (κ2) is 6.80. The predicted octanol–water partition coefficient (Wildman–Crippen LogP) is 3.15. The van der Waals surface area contributed by atoms with Crippen LogP contribution in [0.25, 0.3) is 0 Å². The minimum atomic E-state index is 0.460.